The lowest BCUT2D eigenvalue weighted by molar-refractivity contribution is 0.0745. The Morgan fingerprint density at radius 3 is 2.80 bits per heavy atom. The van der Waals surface area contributed by atoms with Crippen molar-refractivity contribution in [2.75, 3.05) is 40.3 Å². The maximum atomic E-state index is 12.5. The molecule has 0 radical (unpaired) electrons. The van der Waals surface area contributed by atoms with Gasteiger partial charge in [-0.3, -0.25) is 9.69 Å². The molecule has 0 saturated carbocycles. The maximum Gasteiger partial charge on any atom is 0.180 e. The number of likely N-dealkylation sites (N-methyl/N-ethyl adjacent to an activating group) is 1. The van der Waals surface area contributed by atoms with E-state index in [4.69, 9.17) is 4.74 Å². The summed E-state index contributed by atoms with van der Waals surface area (Å²) >= 11 is 0. The highest BCUT2D eigenvalue weighted by molar-refractivity contribution is 6.00. The number of methoxy groups -OCH3 is 1. The number of hydrogen-bond acceptors (Lipinski definition) is 4. The van der Waals surface area contributed by atoms with Crippen LogP contribution in [-0.4, -0.2) is 62.0 Å². The number of rotatable bonds is 4. The number of carbonyl (C=O) groups excluding carboxylic acids is 1. The number of piperazine rings is 1. The van der Waals surface area contributed by atoms with E-state index < -0.39 is 0 Å². The third kappa shape index (κ3) is 3.38. The van der Waals surface area contributed by atoms with Crippen LogP contribution >= 0.6 is 0 Å². The Kier molecular flexibility index (Phi) is 4.78. The molecular weight excluding hydrogens is 252 g/mol. The van der Waals surface area contributed by atoms with Crippen LogP contribution in [0.5, 0.6) is 5.75 Å². The van der Waals surface area contributed by atoms with Crippen LogP contribution in [0.4, 0.5) is 0 Å². The molecule has 110 valence electrons. The molecule has 1 aromatic carbocycles. The largest absolute Gasteiger partial charge is 0.496 e. The van der Waals surface area contributed by atoms with E-state index in [2.05, 4.69) is 23.8 Å². The van der Waals surface area contributed by atoms with Crippen LogP contribution in [0, 0.1) is 6.92 Å². The van der Waals surface area contributed by atoms with Crippen molar-refractivity contribution in [3.05, 3.63) is 29.3 Å². The molecule has 0 bridgehead atoms. The van der Waals surface area contributed by atoms with Crippen LogP contribution in [-0.2, 0) is 0 Å². The fraction of sp³-hybridized carbons (Fsp3) is 0.562. The first-order valence-electron chi connectivity index (χ1n) is 7.11. The predicted octanol–water partition coefficient (Wildman–Crippen LogP) is 1.82. The Balaban J connectivity index is 2.08. The summed E-state index contributed by atoms with van der Waals surface area (Å²) in [5.74, 6) is 0.815. The molecule has 1 aliphatic heterocycles. The van der Waals surface area contributed by atoms with E-state index in [-0.39, 0.29) is 5.78 Å². The SMILES string of the molecule is COc1cc(C)ccc1C(=O)CN1CCN(C)CC1C. The Labute approximate surface area is 121 Å². The Morgan fingerprint density at radius 1 is 1.40 bits per heavy atom. The third-order valence-electron chi connectivity index (χ3n) is 3.97. The van der Waals surface area contributed by atoms with Gasteiger partial charge in [0.25, 0.3) is 0 Å². The normalized spacial score (nSPS) is 20.9. The van der Waals surface area contributed by atoms with E-state index >= 15 is 0 Å². The van der Waals surface area contributed by atoms with Gasteiger partial charge in [-0.1, -0.05) is 6.07 Å². The summed E-state index contributed by atoms with van der Waals surface area (Å²) in [6.07, 6.45) is 0. The average Bonchev–Trinajstić information content (AvgIpc) is 2.41. The number of aryl methyl sites for hydroxylation is 1. The van der Waals surface area contributed by atoms with E-state index in [1.54, 1.807) is 7.11 Å². The lowest BCUT2D eigenvalue weighted by atomic mass is 10.1. The Morgan fingerprint density at radius 2 is 2.15 bits per heavy atom. The lowest BCUT2D eigenvalue weighted by Gasteiger charge is -2.37. The zero-order chi connectivity index (χ0) is 14.7. The standard InChI is InChI=1S/C16H24N2O2/c1-12-5-6-14(16(9-12)20-4)15(19)11-18-8-7-17(3)10-13(18)2/h5-6,9,13H,7-8,10-11H2,1-4H3. The van der Waals surface area contributed by atoms with Gasteiger partial charge in [-0.2, -0.15) is 0 Å². The molecule has 4 nitrogen and oxygen atoms in total. The Bertz CT molecular complexity index is 487. The van der Waals surface area contributed by atoms with Gasteiger partial charge in [-0.25, -0.2) is 0 Å². The molecule has 0 amide bonds. The second-order valence-corrected chi connectivity index (χ2v) is 5.71. The van der Waals surface area contributed by atoms with E-state index in [0.717, 1.165) is 25.2 Å². The molecule has 1 atom stereocenters. The van der Waals surface area contributed by atoms with Crippen LogP contribution in [0.2, 0.25) is 0 Å². The first-order valence-corrected chi connectivity index (χ1v) is 7.11. The van der Waals surface area contributed by atoms with Crippen LogP contribution in [0.15, 0.2) is 18.2 Å². The minimum Gasteiger partial charge on any atom is -0.496 e. The van der Waals surface area contributed by atoms with E-state index in [1.807, 2.05) is 25.1 Å². The summed E-state index contributed by atoms with van der Waals surface area (Å²) in [4.78, 5) is 17.1. The molecule has 0 aromatic heterocycles. The number of hydrogen-bond donors (Lipinski definition) is 0. The number of benzene rings is 1. The fourth-order valence-corrected chi connectivity index (χ4v) is 2.71. The number of ether oxygens (including phenoxy) is 1. The van der Waals surface area contributed by atoms with Crippen LogP contribution in [0.3, 0.4) is 0 Å². The van der Waals surface area contributed by atoms with E-state index in [1.165, 1.54) is 0 Å². The highest BCUT2D eigenvalue weighted by Gasteiger charge is 2.24. The number of Topliss-reactive ketones (excluding diaryl/α,β-unsaturated/α-hetero) is 1. The maximum absolute atomic E-state index is 12.5. The van der Waals surface area contributed by atoms with Crippen molar-refractivity contribution in [2.24, 2.45) is 0 Å². The first-order chi connectivity index (χ1) is 9.51. The van der Waals surface area contributed by atoms with Gasteiger partial charge in [0.1, 0.15) is 5.75 Å². The molecule has 1 aromatic rings. The van der Waals surface area contributed by atoms with E-state index in [9.17, 15) is 4.79 Å². The fourth-order valence-electron chi connectivity index (χ4n) is 2.71. The number of ketones is 1. The molecule has 1 saturated heterocycles. The van der Waals surface area contributed by atoms with Crippen molar-refractivity contribution < 1.29 is 9.53 Å². The van der Waals surface area contributed by atoms with Gasteiger partial charge in [0, 0.05) is 25.7 Å². The highest BCUT2D eigenvalue weighted by Crippen LogP contribution is 2.21. The molecule has 0 spiro atoms. The minimum atomic E-state index is 0.137. The topological polar surface area (TPSA) is 32.8 Å². The van der Waals surface area contributed by atoms with Gasteiger partial charge >= 0.3 is 0 Å². The van der Waals surface area contributed by atoms with Crippen molar-refractivity contribution in [1.82, 2.24) is 9.80 Å². The molecule has 1 unspecified atom stereocenters. The number of carbonyl (C=O) groups is 1. The first kappa shape index (κ1) is 15.0. The summed E-state index contributed by atoms with van der Waals surface area (Å²) in [6, 6.07) is 6.16. The second kappa shape index (κ2) is 6.37. The van der Waals surface area contributed by atoms with Crippen LogP contribution in [0.1, 0.15) is 22.8 Å². The zero-order valence-corrected chi connectivity index (χ0v) is 12.8. The van der Waals surface area contributed by atoms with Crippen LogP contribution in [0.25, 0.3) is 0 Å². The summed E-state index contributed by atoms with van der Waals surface area (Å²) in [6.45, 7) is 7.61. The quantitative estimate of drug-likeness (QED) is 0.785. The van der Waals surface area contributed by atoms with Gasteiger partial charge in [0.05, 0.1) is 19.2 Å². The third-order valence-corrected chi connectivity index (χ3v) is 3.97. The summed E-state index contributed by atoms with van der Waals surface area (Å²) in [5.41, 5.74) is 1.79. The van der Waals surface area contributed by atoms with Gasteiger partial charge in [-0.05, 0) is 38.6 Å². The lowest BCUT2D eigenvalue weighted by Crippen LogP contribution is -2.51. The van der Waals surface area contributed by atoms with Crippen molar-refractivity contribution in [2.45, 2.75) is 19.9 Å². The van der Waals surface area contributed by atoms with Crippen LogP contribution < -0.4 is 4.74 Å². The van der Waals surface area contributed by atoms with Gasteiger partial charge < -0.3 is 9.64 Å². The van der Waals surface area contributed by atoms with Gasteiger partial charge in [-0.15, -0.1) is 0 Å². The number of nitrogens with zero attached hydrogens (tertiary/aromatic N) is 2. The molecular formula is C16H24N2O2. The highest BCUT2D eigenvalue weighted by atomic mass is 16.5. The molecule has 0 N–H and O–H groups in total. The van der Waals surface area contributed by atoms with Crippen molar-refractivity contribution in [3.63, 3.8) is 0 Å². The van der Waals surface area contributed by atoms with Gasteiger partial charge in [0.2, 0.25) is 0 Å². The Hall–Kier alpha value is -1.39. The van der Waals surface area contributed by atoms with E-state index in [0.29, 0.717) is 23.9 Å². The van der Waals surface area contributed by atoms with Crippen molar-refractivity contribution in [3.8, 4) is 5.75 Å². The van der Waals surface area contributed by atoms with Crippen molar-refractivity contribution >= 4 is 5.78 Å². The zero-order valence-electron chi connectivity index (χ0n) is 12.8. The molecule has 1 aliphatic rings. The monoisotopic (exact) mass is 276 g/mol. The molecule has 20 heavy (non-hydrogen) atoms. The smallest absolute Gasteiger partial charge is 0.180 e. The molecule has 0 aliphatic carbocycles. The molecule has 1 heterocycles. The molecule has 2 rings (SSSR count). The molecule has 1 fully saturated rings. The second-order valence-electron chi connectivity index (χ2n) is 5.71. The minimum absolute atomic E-state index is 0.137. The summed E-state index contributed by atoms with van der Waals surface area (Å²) in [7, 11) is 3.74. The average molecular weight is 276 g/mol. The van der Waals surface area contributed by atoms with Crippen molar-refractivity contribution in [1.29, 1.82) is 0 Å². The predicted molar refractivity (Wildman–Crippen MR) is 80.6 cm³/mol. The summed E-state index contributed by atoms with van der Waals surface area (Å²) < 4.78 is 5.33. The van der Waals surface area contributed by atoms with Gasteiger partial charge in [0.15, 0.2) is 5.78 Å². The molecule has 4 heteroatoms. The summed E-state index contributed by atoms with van der Waals surface area (Å²) in [5, 5.41) is 0.